The predicted octanol–water partition coefficient (Wildman–Crippen LogP) is 0.186. The summed E-state index contributed by atoms with van der Waals surface area (Å²) in [6.45, 7) is 1.85. The Bertz CT molecular complexity index is 316. The largest absolute Gasteiger partial charge is 0.469 e. The average molecular weight is 260 g/mol. The summed E-state index contributed by atoms with van der Waals surface area (Å²) in [5.74, 6) is -2.83. The SMILES string of the molecule is COC(=O)C1C(C)CC(C(O)OC)C1C(=O)OC. The third-order valence-corrected chi connectivity index (χ3v) is 3.66. The summed E-state index contributed by atoms with van der Waals surface area (Å²) in [5.41, 5.74) is 0. The molecule has 0 aromatic heterocycles. The van der Waals surface area contributed by atoms with Gasteiger partial charge in [0.15, 0.2) is 6.29 Å². The van der Waals surface area contributed by atoms with Gasteiger partial charge >= 0.3 is 11.9 Å². The summed E-state index contributed by atoms with van der Waals surface area (Å²) < 4.78 is 14.3. The third-order valence-electron chi connectivity index (χ3n) is 3.66. The van der Waals surface area contributed by atoms with Gasteiger partial charge in [-0.1, -0.05) is 6.92 Å². The molecule has 5 atom stereocenters. The first kappa shape index (κ1) is 14.9. The maximum atomic E-state index is 11.8. The highest BCUT2D eigenvalue weighted by Crippen LogP contribution is 2.44. The second kappa shape index (κ2) is 6.15. The second-order valence-electron chi connectivity index (χ2n) is 4.60. The molecule has 1 saturated carbocycles. The molecule has 0 aromatic rings. The Kier molecular flexibility index (Phi) is 5.10. The first-order valence-corrected chi connectivity index (χ1v) is 5.84. The van der Waals surface area contributed by atoms with Crippen LogP contribution < -0.4 is 0 Å². The molecule has 0 bridgehead atoms. The van der Waals surface area contributed by atoms with E-state index in [-0.39, 0.29) is 5.92 Å². The second-order valence-corrected chi connectivity index (χ2v) is 4.60. The molecular formula is C12H20O6. The Balaban J connectivity index is 3.02. The number of hydrogen-bond acceptors (Lipinski definition) is 6. The van der Waals surface area contributed by atoms with Crippen LogP contribution >= 0.6 is 0 Å². The Labute approximate surface area is 106 Å². The predicted molar refractivity (Wildman–Crippen MR) is 61.3 cm³/mol. The summed E-state index contributed by atoms with van der Waals surface area (Å²) >= 11 is 0. The molecule has 0 heterocycles. The number of methoxy groups -OCH3 is 3. The molecule has 1 aliphatic carbocycles. The molecule has 0 radical (unpaired) electrons. The molecule has 0 saturated heterocycles. The molecule has 1 N–H and O–H groups in total. The summed E-state index contributed by atoms with van der Waals surface area (Å²) in [4.78, 5) is 23.6. The molecule has 0 amide bonds. The molecule has 6 nitrogen and oxygen atoms in total. The fourth-order valence-electron chi connectivity index (χ4n) is 2.78. The smallest absolute Gasteiger partial charge is 0.310 e. The minimum atomic E-state index is -1.09. The molecule has 0 spiro atoms. The van der Waals surface area contributed by atoms with Crippen LogP contribution in [0.1, 0.15) is 13.3 Å². The van der Waals surface area contributed by atoms with Crippen molar-refractivity contribution in [3.63, 3.8) is 0 Å². The number of carbonyl (C=O) groups is 2. The van der Waals surface area contributed by atoms with E-state index >= 15 is 0 Å². The summed E-state index contributed by atoms with van der Waals surface area (Å²) in [6, 6.07) is 0. The van der Waals surface area contributed by atoms with Crippen LogP contribution in [-0.4, -0.2) is 44.7 Å². The number of ether oxygens (including phenoxy) is 3. The van der Waals surface area contributed by atoms with Crippen LogP contribution in [0, 0.1) is 23.7 Å². The number of rotatable bonds is 4. The van der Waals surface area contributed by atoms with Crippen LogP contribution in [0.2, 0.25) is 0 Å². The van der Waals surface area contributed by atoms with E-state index in [9.17, 15) is 14.7 Å². The van der Waals surface area contributed by atoms with Gasteiger partial charge < -0.3 is 19.3 Å². The fourth-order valence-corrected chi connectivity index (χ4v) is 2.78. The maximum Gasteiger partial charge on any atom is 0.310 e. The van der Waals surface area contributed by atoms with Gasteiger partial charge in [-0.2, -0.15) is 0 Å². The van der Waals surface area contributed by atoms with E-state index in [1.165, 1.54) is 21.3 Å². The quantitative estimate of drug-likeness (QED) is 0.574. The van der Waals surface area contributed by atoms with E-state index in [0.29, 0.717) is 6.42 Å². The summed E-state index contributed by atoms with van der Waals surface area (Å²) in [5, 5.41) is 9.78. The van der Waals surface area contributed by atoms with Crippen LogP contribution in [-0.2, 0) is 23.8 Å². The lowest BCUT2D eigenvalue weighted by Crippen LogP contribution is -2.37. The van der Waals surface area contributed by atoms with Gasteiger partial charge in [-0.25, -0.2) is 0 Å². The van der Waals surface area contributed by atoms with Crippen molar-refractivity contribution in [2.75, 3.05) is 21.3 Å². The standard InChI is InChI=1S/C12H20O6/c1-6-5-7(10(13)16-2)9(12(15)18-4)8(6)11(14)17-3/h6-10,13H,5H2,1-4H3. The van der Waals surface area contributed by atoms with Crippen molar-refractivity contribution >= 4 is 11.9 Å². The number of esters is 2. The summed E-state index contributed by atoms with van der Waals surface area (Å²) in [6.07, 6.45) is -0.583. The van der Waals surface area contributed by atoms with Gasteiger partial charge in [0, 0.05) is 13.0 Å². The summed E-state index contributed by atoms with van der Waals surface area (Å²) in [7, 11) is 3.90. The van der Waals surface area contributed by atoms with Gasteiger partial charge in [-0.05, 0) is 12.3 Å². The van der Waals surface area contributed by atoms with Gasteiger partial charge in [0.05, 0.1) is 26.1 Å². The highest BCUT2D eigenvalue weighted by atomic mass is 16.6. The van der Waals surface area contributed by atoms with Crippen LogP contribution in [0.3, 0.4) is 0 Å². The van der Waals surface area contributed by atoms with Gasteiger partial charge in [0.2, 0.25) is 0 Å². The minimum absolute atomic E-state index is 0.0728. The topological polar surface area (TPSA) is 82.1 Å². The van der Waals surface area contributed by atoms with Crippen molar-refractivity contribution in [3.05, 3.63) is 0 Å². The third kappa shape index (κ3) is 2.64. The van der Waals surface area contributed by atoms with Crippen molar-refractivity contribution in [2.45, 2.75) is 19.6 Å². The number of aliphatic hydroxyl groups is 1. The van der Waals surface area contributed by atoms with Gasteiger partial charge in [0.25, 0.3) is 0 Å². The molecule has 104 valence electrons. The lowest BCUT2D eigenvalue weighted by atomic mass is 9.87. The van der Waals surface area contributed by atoms with Crippen molar-refractivity contribution in [1.29, 1.82) is 0 Å². The Morgan fingerprint density at radius 3 is 2.06 bits per heavy atom. The molecule has 0 aromatic carbocycles. The normalized spacial score (nSPS) is 32.9. The van der Waals surface area contributed by atoms with E-state index in [0.717, 1.165) is 0 Å². The van der Waals surface area contributed by atoms with Gasteiger partial charge in [-0.15, -0.1) is 0 Å². The molecular weight excluding hydrogens is 240 g/mol. The molecule has 5 unspecified atom stereocenters. The lowest BCUT2D eigenvalue weighted by molar-refractivity contribution is -0.167. The zero-order valence-corrected chi connectivity index (χ0v) is 11.1. The highest BCUT2D eigenvalue weighted by Gasteiger charge is 2.52. The molecule has 1 aliphatic rings. The first-order valence-electron chi connectivity index (χ1n) is 5.84. The number of hydrogen-bond donors (Lipinski definition) is 1. The molecule has 1 fully saturated rings. The van der Waals surface area contributed by atoms with Gasteiger partial charge in [-0.3, -0.25) is 9.59 Å². The highest BCUT2D eigenvalue weighted by molar-refractivity contribution is 5.83. The van der Waals surface area contributed by atoms with E-state index in [4.69, 9.17) is 14.2 Å². The number of carbonyl (C=O) groups excluding carboxylic acids is 2. The fraction of sp³-hybridized carbons (Fsp3) is 0.833. The van der Waals surface area contributed by atoms with Crippen LogP contribution in [0.15, 0.2) is 0 Å². The van der Waals surface area contributed by atoms with Crippen molar-refractivity contribution < 1.29 is 28.9 Å². The minimum Gasteiger partial charge on any atom is -0.469 e. The zero-order chi connectivity index (χ0) is 13.9. The van der Waals surface area contributed by atoms with E-state index in [1.807, 2.05) is 6.92 Å². The zero-order valence-electron chi connectivity index (χ0n) is 11.1. The van der Waals surface area contributed by atoms with E-state index < -0.39 is 36.0 Å². The Morgan fingerprint density at radius 1 is 1.11 bits per heavy atom. The molecule has 0 aliphatic heterocycles. The van der Waals surface area contributed by atoms with Crippen molar-refractivity contribution in [3.8, 4) is 0 Å². The average Bonchev–Trinajstić information content (AvgIpc) is 2.73. The number of aliphatic hydroxyl groups excluding tert-OH is 1. The van der Waals surface area contributed by atoms with E-state index in [1.54, 1.807) is 0 Å². The van der Waals surface area contributed by atoms with E-state index in [2.05, 4.69) is 0 Å². The van der Waals surface area contributed by atoms with Crippen molar-refractivity contribution in [2.24, 2.45) is 23.7 Å². The molecule has 1 rings (SSSR count). The lowest BCUT2D eigenvalue weighted by Gasteiger charge is -2.24. The Morgan fingerprint density at radius 2 is 1.61 bits per heavy atom. The van der Waals surface area contributed by atoms with Gasteiger partial charge in [0.1, 0.15) is 0 Å². The Hall–Kier alpha value is -1.14. The monoisotopic (exact) mass is 260 g/mol. The maximum absolute atomic E-state index is 11.8. The van der Waals surface area contributed by atoms with Crippen LogP contribution in [0.4, 0.5) is 0 Å². The van der Waals surface area contributed by atoms with Crippen LogP contribution in [0.5, 0.6) is 0 Å². The molecule has 18 heavy (non-hydrogen) atoms. The first-order chi connectivity index (χ1) is 8.47. The van der Waals surface area contributed by atoms with Crippen LogP contribution in [0.25, 0.3) is 0 Å². The van der Waals surface area contributed by atoms with Crippen molar-refractivity contribution in [1.82, 2.24) is 0 Å². The molecule has 6 heteroatoms.